The molecule has 0 amide bonds. The van der Waals surface area contributed by atoms with Crippen LogP contribution in [0.3, 0.4) is 0 Å². The van der Waals surface area contributed by atoms with Crippen LogP contribution >= 0.6 is 0 Å². The molecule has 0 saturated carbocycles. The van der Waals surface area contributed by atoms with Crippen molar-refractivity contribution in [3.63, 3.8) is 0 Å². The molecule has 0 radical (unpaired) electrons. The molecular weight excluding hydrogens is 191 g/mol. The van der Waals surface area contributed by atoms with Gasteiger partial charge < -0.3 is 4.98 Å². The van der Waals surface area contributed by atoms with Crippen LogP contribution in [0.2, 0.25) is 0 Å². The number of nitriles is 1. The highest BCUT2D eigenvalue weighted by atomic mass is 19.1. The summed E-state index contributed by atoms with van der Waals surface area (Å²) in [5.74, 6) is -0.266. The number of H-pyrrole nitrogens is 1. The van der Waals surface area contributed by atoms with Crippen LogP contribution < -0.4 is 0 Å². The Bertz CT molecular complexity index is 480. The molecule has 2 rings (SSSR count). The van der Waals surface area contributed by atoms with E-state index in [0.717, 1.165) is 16.5 Å². The van der Waals surface area contributed by atoms with Gasteiger partial charge in [0.05, 0.1) is 12.5 Å². The van der Waals surface area contributed by atoms with E-state index in [0.29, 0.717) is 6.42 Å². The number of rotatable bonds is 1. The number of nitrogens with zero attached hydrogens (tertiary/aromatic N) is 1. The summed E-state index contributed by atoms with van der Waals surface area (Å²) in [6, 6.07) is 6.58. The fourth-order valence-corrected chi connectivity index (χ4v) is 1.39. The highest BCUT2D eigenvalue weighted by Gasteiger charge is 2.03. The molecule has 2 nitrogen and oxygen atoms in total. The highest BCUT2D eigenvalue weighted by Crippen LogP contribution is 2.19. The average Bonchev–Trinajstić information content (AvgIpc) is 2.64. The van der Waals surface area contributed by atoms with Gasteiger partial charge in [-0.2, -0.15) is 5.26 Å². The molecule has 1 heterocycles. The van der Waals surface area contributed by atoms with Crippen molar-refractivity contribution in [2.75, 3.05) is 0 Å². The van der Waals surface area contributed by atoms with Crippen LogP contribution in [0.25, 0.3) is 10.9 Å². The van der Waals surface area contributed by atoms with Gasteiger partial charge in [-0.25, -0.2) is 4.39 Å². The summed E-state index contributed by atoms with van der Waals surface area (Å²) >= 11 is 0. The SMILES string of the molecule is CC.N#CCc1c[nH]c2cc(F)ccc12. The number of nitrogens with one attached hydrogen (secondary N) is 1. The maximum absolute atomic E-state index is 12.7. The van der Waals surface area contributed by atoms with Crippen molar-refractivity contribution in [3.8, 4) is 6.07 Å². The molecule has 0 unspecified atom stereocenters. The van der Waals surface area contributed by atoms with E-state index in [-0.39, 0.29) is 5.82 Å². The second-order valence-electron chi connectivity index (χ2n) is 2.84. The van der Waals surface area contributed by atoms with E-state index in [2.05, 4.69) is 11.1 Å². The molecule has 0 aliphatic heterocycles. The zero-order valence-corrected chi connectivity index (χ0v) is 8.84. The van der Waals surface area contributed by atoms with Gasteiger partial charge in [0.15, 0.2) is 0 Å². The Balaban J connectivity index is 0.000000531. The topological polar surface area (TPSA) is 39.6 Å². The molecule has 1 N–H and O–H groups in total. The van der Waals surface area contributed by atoms with Gasteiger partial charge in [-0.15, -0.1) is 0 Å². The molecule has 0 atom stereocenters. The summed E-state index contributed by atoms with van der Waals surface area (Å²) in [5.41, 5.74) is 1.66. The Morgan fingerprint density at radius 3 is 2.80 bits per heavy atom. The Labute approximate surface area is 88.3 Å². The zero-order valence-electron chi connectivity index (χ0n) is 8.84. The molecule has 1 aromatic heterocycles. The van der Waals surface area contributed by atoms with Crippen molar-refractivity contribution < 1.29 is 4.39 Å². The lowest BCUT2D eigenvalue weighted by Crippen LogP contribution is -1.77. The molecule has 2 aromatic rings. The summed E-state index contributed by atoms with van der Waals surface area (Å²) in [4.78, 5) is 2.92. The first kappa shape index (κ1) is 11.3. The molecule has 0 aliphatic carbocycles. The summed E-state index contributed by atoms with van der Waals surface area (Å²) in [5, 5.41) is 9.43. The third-order valence-corrected chi connectivity index (χ3v) is 2.00. The third-order valence-electron chi connectivity index (χ3n) is 2.00. The van der Waals surface area contributed by atoms with E-state index in [4.69, 9.17) is 5.26 Å². The number of fused-ring (bicyclic) bond motifs is 1. The summed E-state index contributed by atoms with van der Waals surface area (Å²) in [7, 11) is 0. The van der Waals surface area contributed by atoms with Crippen LogP contribution in [0.1, 0.15) is 19.4 Å². The number of benzene rings is 1. The fourth-order valence-electron chi connectivity index (χ4n) is 1.39. The summed E-state index contributed by atoms with van der Waals surface area (Å²) in [6.07, 6.45) is 2.10. The van der Waals surface area contributed by atoms with Crippen LogP contribution in [-0.4, -0.2) is 4.98 Å². The van der Waals surface area contributed by atoms with Crippen LogP contribution in [0.15, 0.2) is 24.4 Å². The third kappa shape index (κ3) is 2.35. The number of halogens is 1. The van der Waals surface area contributed by atoms with E-state index in [1.165, 1.54) is 12.1 Å². The first-order valence-corrected chi connectivity index (χ1v) is 4.94. The molecule has 15 heavy (non-hydrogen) atoms. The number of hydrogen-bond acceptors (Lipinski definition) is 1. The largest absolute Gasteiger partial charge is 0.361 e. The van der Waals surface area contributed by atoms with Crippen LogP contribution in [0, 0.1) is 17.1 Å². The molecule has 0 aliphatic rings. The Morgan fingerprint density at radius 2 is 2.13 bits per heavy atom. The van der Waals surface area contributed by atoms with Gasteiger partial charge in [0, 0.05) is 17.1 Å². The minimum absolute atomic E-state index is 0.266. The first-order chi connectivity index (χ1) is 7.31. The lowest BCUT2D eigenvalue weighted by Gasteiger charge is -1.91. The van der Waals surface area contributed by atoms with Crippen molar-refractivity contribution in [1.82, 2.24) is 4.98 Å². The van der Waals surface area contributed by atoms with E-state index in [1.807, 2.05) is 13.8 Å². The fraction of sp³-hybridized carbons (Fsp3) is 0.250. The Kier molecular flexibility index (Phi) is 3.87. The highest BCUT2D eigenvalue weighted by molar-refractivity contribution is 5.83. The second kappa shape index (κ2) is 5.16. The van der Waals surface area contributed by atoms with Crippen molar-refractivity contribution in [3.05, 3.63) is 35.8 Å². The van der Waals surface area contributed by atoms with Crippen LogP contribution in [0.4, 0.5) is 4.39 Å². The lowest BCUT2D eigenvalue weighted by molar-refractivity contribution is 0.629. The smallest absolute Gasteiger partial charge is 0.125 e. The molecule has 0 fully saturated rings. The van der Waals surface area contributed by atoms with Gasteiger partial charge in [-0.05, 0) is 23.8 Å². The molecule has 78 valence electrons. The molecule has 1 aromatic carbocycles. The van der Waals surface area contributed by atoms with E-state index in [1.54, 1.807) is 12.3 Å². The predicted molar refractivity (Wildman–Crippen MR) is 58.9 cm³/mol. The number of aromatic nitrogens is 1. The summed E-state index contributed by atoms with van der Waals surface area (Å²) < 4.78 is 12.7. The lowest BCUT2D eigenvalue weighted by atomic mass is 10.1. The Hall–Kier alpha value is -1.82. The van der Waals surface area contributed by atoms with Gasteiger partial charge in [0.2, 0.25) is 0 Å². The molecule has 0 bridgehead atoms. The first-order valence-electron chi connectivity index (χ1n) is 4.94. The molecule has 3 heteroatoms. The monoisotopic (exact) mass is 204 g/mol. The van der Waals surface area contributed by atoms with Crippen LogP contribution in [0.5, 0.6) is 0 Å². The van der Waals surface area contributed by atoms with Gasteiger partial charge in [-0.1, -0.05) is 13.8 Å². The van der Waals surface area contributed by atoms with Crippen molar-refractivity contribution >= 4 is 10.9 Å². The Morgan fingerprint density at radius 1 is 1.40 bits per heavy atom. The second-order valence-corrected chi connectivity index (χ2v) is 2.84. The molecule has 0 spiro atoms. The van der Waals surface area contributed by atoms with E-state index < -0.39 is 0 Å². The number of hydrogen-bond donors (Lipinski definition) is 1. The normalized spacial score (nSPS) is 9.20. The maximum atomic E-state index is 12.7. The van der Waals surface area contributed by atoms with Crippen LogP contribution in [-0.2, 0) is 6.42 Å². The van der Waals surface area contributed by atoms with Gasteiger partial charge in [0.25, 0.3) is 0 Å². The quantitative estimate of drug-likeness (QED) is 0.759. The summed E-state index contributed by atoms with van der Waals surface area (Å²) in [6.45, 7) is 4.00. The molecular formula is C12H13FN2. The average molecular weight is 204 g/mol. The van der Waals surface area contributed by atoms with Gasteiger partial charge in [-0.3, -0.25) is 0 Å². The molecule has 0 saturated heterocycles. The number of aromatic amines is 1. The zero-order chi connectivity index (χ0) is 11.3. The van der Waals surface area contributed by atoms with Crippen molar-refractivity contribution in [2.24, 2.45) is 0 Å². The van der Waals surface area contributed by atoms with Gasteiger partial charge in [0.1, 0.15) is 5.82 Å². The van der Waals surface area contributed by atoms with E-state index in [9.17, 15) is 4.39 Å². The van der Waals surface area contributed by atoms with Crippen molar-refractivity contribution in [1.29, 1.82) is 5.26 Å². The van der Waals surface area contributed by atoms with Crippen molar-refractivity contribution in [2.45, 2.75) is 20.3 Å². The maximum Gasteiger partial charge on any atom is 0.125 e. The minimum atomic E-state index is -0.266. The predicted octanol–water partition coefficient (Wildman–Crippen LogP) is 3.40. The van der Waals surface area contributed by atoms with E-state index >= 15 is 0 Å². The van der Waals surface area contributed by atoms with Gasteiger partial charge >= 0.3 is 0 Å². The standard InChI is InChI=1S/C10H7FN2.C2H6/c11-8-1-2-9-7(3-4-12)6-13-10(9)5-8;1-2/h1-2,5-6,13H,3H2;1-2H3. The minimum Gasteiger partial charge on any atom is -0.361 e.